The van der Waals surface area contributed by atoms with Crippen molar-refractivity contribution >= 4 is 0 Å². The van der Waals surface area contributed by atoms with Gasteiger partial charge in [0.15, 0.2) is 0 Å². The molecule has 0 bridgehead atoms. The van der Waals surface area contributed by atoms with Crippen molar-refractivity contribution < 1.29 is 0 Å². The highest BCUT2D eigenvalue weighted by atomic mass is 15.2. The normalized spacial score (nSPS) is 43.4. The van der Waals surface area contributed by atoms with Crippen molar-refractivity contribution in [2.45, 2.75) is 58.0 Å². The van der Waals surface area contributed by atoms with Gasteiger partial charge in [0.1, 0.15) is 0 Å². The summed E-state index contributed by atoms with van der Waals surface area (Å²) in [5.41, 5.74) is 6.00. The first-order valence-electron chi connectivity index (χ1n) is 6.66. The van der Waals surface area contributed by atoms with Crippen molar-refractivity contribution in [2.24, 2.45) is 17.6 Å². The molecule has 1 aliphatic carbocycles. The van der Waals surface area contributed by atoms with Gasteiger partial charge in [-0.15, -0.1) is 0 Å². The number of nitrogens with zero attached hydrogens (tertiary/aromatic N) is 1. The van der Waals surface area contributed by atoms with Crippen LogP contribution in [0, 0.1) is 11.8 Å². The molecule has 2 heteroatoms. The van der Waals surface area contributed by atoms with E-state index in [0.717, 1.165) is 11.8 Å². The molecule has 0 radical (unpaired) electrons. The van der Waals surface area contributed by atoms with Gasteiger partial charge in [-0.25, -0.2) is 0 Å². The Morgan fingerprint density at radius 1 is 1.20 bits per heavy atom. The summed E-state index contributed by atoms with van der Waals surface area (Å²) >= 11 is 0. The molecular formula is C13H26N2. The molecule has 4 atom stereocenters. The first-order valence-corrected chi connectivity index (χ1v) is 6.66. The van der Waals surface area contributed by atoms with Crippen LogP contribution in [-0.2, 0) is 0 Å². The molecule has 15 heavy (non-hydrogen) atoms. The summed E-state index contributed by atoms with van der Waals surface area (Å²) in [5, 5.41) is 0. The molecule has 0 amide bonds. The molecular weight excluding hydrogens is 184 g/mol. The Morgan fingerprint density at radius 3 is 2.60 bits per heavy atom. The second-order valence-corrected chi connectivity index (χ2v) is 5.80. The lowest BCUT2D eigenvalue weighted by molar-refractivity contribution is 0.117. The Balaban J connectivity index is 1.83. The molecule has 0 aromatic rings. The fourth-order valence-electron chi connectivity index (χ4n) is 3.32. The van der Waals surface area contributed by atoms with Crippen LogP contribution in [0.3, 0.4) is 0 Å². The van der Waals surface area contributed by atoms with Crippen LogP contribution in [0.1, 0.15) is 46.0 Å². The third-order valence-corrected chi connectivity index (χ3v) is 4.56. The van der Waals surface area contributed by atoms with E-state index < -0.39 is 0 Å². The van der Waals surface area contributed by atoms with Crippen LogP contribution in [0.4, 0.5) is 0 Å². The lowest BCUT2D eigenvalue weighted by Crippen LogP contribution is -2.47. The molecule has 0 aromatic heterocycles. The summed E-state index contributed by atoms with van der Waals surface area (Å²) in [4.78, 5) is 2.68. The summed E-state index contributed by atoms with van der Waals surface area (Å²) in [5.74, 6) is 1.91. The lowest BCUT2D eigenvalue weighted by atomic mass is 9.93. The molecule has 1 aliphatic heterocycles. The lowest BCUT2D eigenvalue weighted by Gasteiger charge is -2.38. The molecule has 0 aromatic carbocycles. The largest absolute Gasteiger partial charge is 0.328 e. The molecule has 88 valence electrons. The minimum Gasteiger partial charge on any atom is -0.328 e. The number of rotatable bonds is 2. The molecule has 0 spiro atoms. The quantitative estimate of drug-likeness (QED) is 0.757. The number of hydrogen-bond acceptors (Lipinski definition) is 2. The smallest absolute Gasteiger partial charge is 0.00817 e. The van der Waals surface area contributed by atoms with Gasteiger partial charge < -0.3 is 10.6 Å². The van der Waals surface area contributed by atoms with Crippen LogP contribution >= 0.6 is 0 Å². The number of hydrogen-bond donors (Lipinski definition) is 1. The zero-order valence-electron chi connectivity index (χ0n) is 10.3. The maximum absolute atomic E-state index is 6.00. The van der Waals surface area contributed by atoms with Crippen LogP contribution in [0.2, 0.25) is 0 Å². The third kappa shape index (κ3) is 2.73. The van der Waals surface area contributed by atoms with Crippen molar-refractivity contribution in [3.63, 3.8) is 0 Å². The second kappa shape index (κ2) is 4.84. The Labute approximate surface area is 94.2 Å². The fraction of sp³-hybridized carbons (Fsp3) is 1.00. The zero-order valence-corrected chi connectivity index (χ0v) is 10.3. The third-order valence-electron chi connectivity index (χ3n) is 4.56. The van der Waals surface area contributed by atoms with Gasteiger partial charge in [-0.1, -0.05) is 19.8 Å². The summed E-state index contributed by atoms with van der Waals surface area (Å²) in [6.07, 6.45) is 6.75. The predicted molar refractivity (Wildman–Crippen MR) is 64.7 cm³/mol. The van der Waals surface area contributed by atoms with Gasteiger partial charge >= 0.3 is 0 Å². The monoisotopic (exact) mass is 210 g/mol. The molecule has 2 aliphatic rings. The standard InChI is InChI=1S/C13H26N2/c1-10-4-3-5-12(10)9-15-7-6-13(14)8-11(15)2/h10-13H,3-9,14H2,1-2H3. The van der Waals surface area contributed by atoms with E-state index in [1.54, 1.807) is 0 Å². The second-order valence-electron chi connectivity index (χ2n) is 5.80. The first-order chi connectivity index (χ1) is 7.16. The maximum Gasteiger partial charge on any atom is 0.00817 e. The number of piperidine rings is 1. The summed E-state index contributed by atoms with van der Waals surface area (Å²) in [6, 6.07) is 1.17. The molecule has 2 nitrogen and oxygen atoms in total. The van der Waals surface area contributed by atoms with Crippen LogP contribution in [0.25, 0.3) is 0 Å². The Bertz CT molecular complexity index is 205. The average Bonchev–Trinajstić information content (AvgIpc) is 2.57. The minimum atomic E-state index is 0.456. The highest BCUT2D eigenvalue weighted by Gasteiger charge is 2.29. The van der Waals surface area contributed by atoms with Gasteiger partial charge in [-0.05, 0) is 44.6 Å². The van der Waals surface area contributed by atoms with Crippen molar-refractivity contribution in [3.8, 4) is 0 Å². The molecule has 2 fully saturated rings. The van der Waals surface area contributed by atoms with E-state index in [2.05, 4.69) is 18.7 Å². The number of nitrogens with two attached hydrogens (primary N) is 1. The van der Waals surface area contributed by atoms with Gasteiger partial charge in [-0.2, -0.15) is 0 Å². The number of likely N-dealkylation sites (tertiary alicyclic amines) is 1. The summed E-state index contributed by atoms with van der Waals surface area (Å²) < 4.78 is 0. The van der Waals surface area contributed by atoms with E-state index >= 15 is 0 Å². The van der Waals surface area contributed by atoms with Crippen molar-refractivity contribution in [2.75, 3.05) is 13.1 Å². The van der Waals surface area contributed by atoms with Crippen LogP contribution in [0.5, 0.6) is 0 Å². The summed E-state index contributed by atoms with van der Waals surface area (Å²) in [7, 11) is 0. The van der Waals surface area contributed by atoms with Gasteiger partial charge in [-0.3, -0.25) is 0 Å². The van der Waals surface area contributed by atoms with E-state index in [1.807, 2.05) is 0 Å². The van der Waals surface area contributed by atoms with Crippen molar-refractivity contribution in [1.82, 2.24) is 4.90 Å². The molecule has 1 saturated heterocycles. The fourth-order valence-corrected chi connectivity index (χ4v) is 3.32. The van der Waals surface area contributed by atoms with E-state index in [1.165, 1.54) is 45.2 Å². The zero-order chi connectivity index (χ0) is 10.8. The van der Waals surface area contributed by atoms with Crippen molar-refractivity contribution in [3.05, 3.63) is 0 Å². The average molecular weight is 210 g/mol. The minimum absolute atomic E-state index is 0.456. The maximum atomic E-state index is 6.00. The molecule has 1 saturated carbocycles. The van der Waals surface area contributed by atoms with Gasteiger partial charge in [0.25, 0.3) is 0 Å². The van der Waals surface area contributed by atoms with E-state index in [9.17, 15) is 0 Å². The van der Waals surface area contributed by atoms with Gasteiger partial charge in [0.05, 0.1) is 0 Å². The highest BCUT2D eigenvalue weighted by Crippen LogP contribution is 2.32. The van der Waals surface area contributed by atoms with Crippen molar-refractivity contribution in [1.29, 1.82) is 0 Å². The van der Waals surface area contributed by atoms with Crippen LogP contribution < -0.4 is 5.73 Å². The summed E-state index contributed by atoms with van der Waals surface area (Å²) in [6.45, 7) is 7.33. The van der Waals surface area contributed by atoms with Crippen LogP contribution in [0.15, 0.2) is 0 Å². The van der Waals surface area contributed by atoms with E-state index in [0.29, 0.717) is 12.1 Å². The molecule has 1 heterocycles. The van der Waals surface area contributed by atoms with Crippen LogP contribution in [-0.4, -0.2) is 30.1 Å². The van der Waals surface area contributed by atoms with E-state index in [-0.39, 0.29) is 0 Å². The van der Waals surface area contributed by atoms with Gasteiger partial charge in [0, 0.05) is 18.6 Å². The Kier molecular flexibility index (Phi) is 3.68. The van der Waals surface area contributed by atoms with Gasteiger partial charge in [0.2, 0.25) is 0 Å². The Hall–Kier alpha value is -0.0800. The molecule has 2 N–H and O–H groups in total. The molecule has 2 rings (SSSR count). The topological polar surface area (TPSA) is 29.3 Å². The highest BCUT2D eigenvalue weighted by molar-refractivity contribution is 4.84. The first kappa shape index (κ1) is 11.4. The SMILES string of the molecule is CC1CCCC1CN1CCC(N)CC1C. The van der Waals surface area contributed by atoms with E-state index in [4.69, 9.17) is 5.73 Å². The molecule has 4 unspecified atom stereocenters. The Morgan fingerprint density at radius 2 is 2.00 bits per heavy atom. The predicted octanol–water partition coefficient (Wildman–Crippen LogP) is 2.23.